The van der Waals surface area contributed by atoms with Crippen molar-refractivity contribution in [3.63, 3.8) is 0 Å². The van der Waals surface area contributed by atoms with Crippen LogP contribution in [-0.4, -0.2) is 40.3 Å². The normalized spacial score (nSPS) is 17.9. The molecule has 0 bridgehead atoms. The molecule has 1 heterocycles. The first-order chi connectivity index (χ1) is 9.13. The monoisotopic (exact) mass is 261 g/mol. The third-order valence-electron chi connectivity index (χ3n) is 3.33. The molecule has 0 atom stereocenters. The summed E-state index contributed by atoms with van der Waals surface area (Å²) in [5.41, 5.74) is 2.07. The molecule has 4 nitrogen and oxygen atoms in total. The molecule has 1 fully saturated rings. The number of carboxylic acids is 1. The molecule has 2 N–H and O–H groups in total. The van der Waals surface area contributed by atoms with Gasteiger partial charge in [-0.2, -0.15) is 0 Å². The Kier molecular flexibility index (Phi) is 4.71. The summed E-state index contributed by atoms with van der Waals surface area (Å²) >= 11 is 0. The van der Waals surface area contributed by atoms with Crippen molar-refractivity contribution in [3.8, 4) is 0 Å². The Bertz CT molecular complexity index is 462. The van der Waals surface area contributed by atoms with E-state index >= 15 is 0 Å². The third-order valence-corrected chi connectivity index (χ3v) is 3.33. The molecule has 0 radical (unpaired) electrons. The number of hydrogen-bond donors (Lipinski definition) is 2. The number of carboxylic acid groups (broad SMARTS) is 1. The predicted molar refractivity (Wildman–Crippen MR) is 73.6 cm³/mol. The lowest BCUT2D eigenvalue weighted by Gasteiger charge is -2.29. The van der Waals surface area contributed by atoms with Crippen molar-refractivity contribution in [1.29, 1.82) is 0 Å². The van der Waals surface area contributed by atoms with Crippen molar-refractivity contribution in [2.75, 3.05) is 13.1 Å². The topological polar surface area (TPSA) is 60.8 Å². The zero-order valence-electron chi connectivity index (χ0n) is 10.8. The number of hydrogen-bond acceptors (Lipinski definition) is 3. The van der Waals surface area contributed by atoms with Crippen molar-refractivity contribution < 1.29 is 15.0 Å². The second kappa shape index (κ2) is 6.50. The van der Waals surface area contributed by atoms with E-state index in [9.17, 15) is 9.90 Å². The Hall–Kier alpha value is -1.65. The number of benzene rings is 1. The summed E-state index contributed by atoms with van der Waals surface area (Å²) in [6.45, 7) is 2.67. The molecular weight excluding hydrogens is 242 g/mol. The molecule has 1 aromatic rings. The summed E-state index contributed by atoms with van der Waals surface area (Å²) in [5.74, 6) is -0.935. The number of likely N-dealkylation sites (tertiary alicyclic amines) is 1. The van der Waals surface area contributed by atoms with Gasteiger partial charge in [0.1, 0.15) is 0 Å². The van der Waals surface area contributed by atoms with Crippen LogP contribution in [0.5, 0.6) is 0 Å². The lowest BCUT2D eigenvalue weighted by atomic mass is 10.1. The fraction of sp³-hybridized carbons (Fsp3) is 0.400. The van der Waals surface area contributed by atoms with Crippen LogP contribution in [0.4, 0.5) is 0 Å². The summed E-state index contributed by atoms with van der Waals surface area (Å²) in [7, 11) is 0. The van der Waals surface area contributed by atoms with Gasteiger partial charge in [0.15, 0.2) is 0 Å². The van der Waals surface area contributed by atoms with E-state index in [1.165, 1.54) is 5.56 Å². The Balaban J connectivity index is 1.97. The number of carbonyl (C=O) groups is 1. The van der Waals surface area contributed by atoms with E-state index in [1.54, 1.807) is 6.08 Å². The average Bonchev–Trinajstić information content (AvgIpc) is 2.40. The van der Waals surface area contributed by atoms with Crippen LogP contribution in [0.2, 0.25) is 0 Å². The van der Waals surface area contributed by atoms with Crippen LogP contribution in [0.15, 0.2) is 30.3 Å². The first kappa shape index (κ1) is 13.8. The van der Waals surface area contributed by atoms with E-state index in [-0.39, 0.29) is 6.10 Å². The van der Waals surface area contributed by atoms with Gasteiger partial charge in [0, 0.05) is 25.7 Å². The lowest BCUT2D eigenvalue weighted by molar-refractivity contribution is -0.131. The maximum absolute atomic E-state index is 10.5. The molecule has 0 aliphatic carbocycles. The number of nitrogens with zero attached hydrogens (tertiary/aromatic N) is 1. The molecule has 102 valence electrons. The van der Waals surface area contributed by atoms with Gasteiger partial charge in [0.25, 0.3) is 0 Å². The molecule has 4 heteroatoms. The molecule has 1 aliphatic heterocycles. The lowest BCUT2D eigenvalue weighted by Crippen LogP contribution is -2.35. The molecule has 0 saturated carbocycles. The molecule has 2 rings (SSSR count). The Morgan fingerprint density at radius 2 is 2.11 bits per heavy atom. The zero-order valence-corrected chi connectivity index (χ0v) is 10.8. The van der Waals surface area contributed by atoms with Crippen molar-refractivity contribution in [1.82, 2.24) is 4.90 Å². The number of aliphatic hydroxyl groups excluding tert-OH is 1. The van der Waals surface area contributed by atoms with Crippen LogP contribution in [0.1, 0.15) is 24.0 Å². The van der Waals surface area contributed by atoms with Gasteiger partial charge < -0.3 is 10.2 Å². The van der Waals surface area contributed by atoms with E-state index in [0.717, 1.165) is 44.1 Å². The highest BCUT2D eigenvalue weighted by molar-refractivity contribution is 5.85. The largest absolute Gasteiger partial charge is 0.478 e. The smallest absolute Gasteiger partial charge is 0.328 e. The quantitative estimate of drug-likeness (QED) is 0.810. The van der Waals surface area contributed by atoms with Crippen molar-refractivity contribution in [2.24, 2.45) is 0 Å². The molecule has 1 aromatic carbocycles. The molecule has 0 amide bonds. The van der Waals surface area contributed by atoms with Crippen LogP contribution >= 0.6 is 0 Å². The maximum atomic E-state index is 10.5. The zero-order chi connectivity index (χ0) is 13.7. The van der Waals surface area contributed by atoms with Crippen LogP contribution < -0.4 is 0 Å². The summed E-state index contributed by atoms with van der Waals surface area (Å²) in [5, 5.41) is 18.1. The molecule has 0 aromatic heterocycles. The van der Waals surface area contributed by atoms with Gasteiger partial charge >= 0.3 is 5.97 Å². The first-order valence-corrected chi connectivity index (χ1v) is 6.54. The van der Waals surface area contributed by atoms with E-state index in [1.807, 2.05) is 24.3 Å². The third kappa shape index (κ3) is 4.50. The van der Waals surface area contributed by atoms with Crippen LogP contribution in [0.3, 0.4) is 0 Å². The van der Waals surface area contributed by atoms with Crippen LogP contribution in [0.25, 0.3) is 6.08 Å². The minimum absolute atomic E-state index is 0.152. The second-order valence-corrected chi connectivity index (χ2v) is 4.92. The Morgan fingerprint density at radius 1 is 1.37 bits per heavy atom. The highest BCUT2D eigenvalue weighted by Gasteiger charge is 2.16. The van der Waals surface area contributed by atoms with Gasteiger partial charge in [-0.25, -0.2) is 4.79 Å². The number of rotatable bonds is 4. The first-order valence-electron chi connectivity index (χ1n) is 6.54. The Morgan fingerprint density at radius 3 is 2.79 bits per heavy atom. The minimum atomic E-state index is -0.935. The van der Waals surface area contributed by atoms with Gasteiger partial charge in [-0.1, -0.05) is 24.3 Å². The van der Waals surface area contributed by atoms with Crippen molar-refractivity contribution in [3.05, 3.63) is 41.5 Å². The highest BCUT2D eigenvalue weighted by atomic mass is 16.4. The van der Waals surface area contributed by atoms with E-state index < -0.39 is 5.97 Å². The summed E-state index contributed by atoms with van der Waals surface area (Å²) in [4.78, 5) is 12.8. The van der Waals surface area contributed by atoms with Crippen LogP contribution in [-0.2, 0) is 11.3 Å². The molecule has 0 spiro atoms. The van der Waals surface area contributed by atoms with Gasteiger partial charge in [0.2, 0.25) is 0 Å². The summed E-state index contributed by atoms with van der Waals surface area (Å²) in [6, 6.07) is 7.88. The van der Waals surface area contributed by atoms with Crippen LogP contribution in [0, 0.1) is 0 Å². The number of piperidine rings is 1. The van der Waals surface area contributed by atoms with Gasteiger partial charge in [-0.3, -0.25) is 4.90 Å². The standard InChI is InChI=1S/C15H19NO3/c17-14-6-8-16(9-7-14)11-13-3-1-2-12(10-13)4-5-15(18)19/h1-5,10,14,17H,6-9,11H2,(H,18,19)/b5-4+. The second-order valence-electron chi connectivity index (χ2n) is 4.92. The fourth-order valence-corrected chi connectivity index (χ4v) is 2.30. The van der Waals surface area contributed by atoms with E-state index in [4.69, 9.17) is 5.11 Å². The average molecular weight is 261 g/mol. The summed E-state index contributed by atoms with van der Waals surface area (Å²) in [6.07, 6.45) is 4.26. The molecular formula is C15H19NO3. The van der Waals surface area contributed by atoms with Crippen molar-refractivity contribution >= 4 is 12.0 Å². The predicted octanol–water partition coefficient (Wildman–Crippen LogP) is 1.74. The Labute approximate surface area is 113 Å². The van der Waals surface area contributed by atoms with Gasteiger partial charge in [0.05, 0.1) is 6.10 Å². The highest BCUT2D eigenvalue weighted by Crippen LogP contribution is 2.15. The fourth-order valence-electron chi connectivity index (χ4n) is 2.30. The molecule has 19 heavy (non-hydrogen) atoms. The summed E-state index contributed by atoms with van der Waals surface area (Å²) < 4.78 is 0. The van der Waals surface area contributed by atoms with Gasteiger partial charge in [-0.15, -0.1) is 0 Å². The SMILES string of the molecule is O=C(O)/C=C/c1cccc(CN2CCC(O)CC2)c1. The van der Waals surface area contributed by atoms with E-state index in [0.29, 0.717) is 0 Å². The molecule has 1 saturated heterocycles. The minimum Gasteiger partial charge on any atom is -0.478 e. The van der Waals surface area contributed by atoms with Gasteiger partial charge in [-0.05, 0) is 30.0 Å². The molecule has 1 aliphatic rings. The van der Waals surface area contributed by atoms with Crippen molar-refractivity contribution in [2.45, 2.75) is 25.5 Å². The number of aliphatic hydroxyl groups is 1. The molecule has 0 unspecified atom stereocenters. The number of aliphatic carboxylic acids is 1. The van der Waals surface area contributed by atoms with E-state index in [2.05, 4.69) is 4.90 Å². The maximum Gasteiger partial charge on any atom is 0.328 e.